The van der Waals surface area contributed by atoms with E-state index in [0.717, 1.165) is 0 Å². The zero-order valence-electron chi connectivity index (χ0n) is 13.5. The molecule has 0 heterocycles. The van der Waals surface area contributed by atoms with Gasteiger partial charge in [-0.15, -0.1) is 0 Å². The fourth-order valence-electron chi connectivity index (χ4n) is 2.72. The minimum atomic E-state index is -4.74. The second-order valence-corrected chi connectivity index (χ2v) is 5.86. The lowest BCUT2D eigenvalue weighted by molar-refractivity contribution is -0.139. The van der Waals surface area contributed by atoms with Crippen LogP contribution in [0.5, 0.6) is 0 Å². The second-order valence-electron chi connectivity index (χ2n) is 5.45. The molecule has 2 rings (SSSR count). The number of carbonyl (C=O) groups is 1. The van der Waals surface area contributed by atoms with E-state index in [1.807, 2.05) is 6.92 Å². The monoisotopic (exact) mass is 371 g/mol. The molecule has 0 bridgehead atoms. The highest BCUT2D eigenvalue weighted by Gasteiger charge is 2.38. The van der Waals surface area contributed by atoms with Gasteiger partial charge in [0, 0.05) is 6.54 Å². The summed E-state index contributed by atoms with van der Waals surface area (Å²) in [6, 6.07) is 10.1. The first-order valence-electron chi connectivity index (χ1n) is 7.65. The molecule has 0 unspecified atom stereocenters. The molecule has 2 N–H and O–H groups in total. The normalized spacial score (nSPS) is 11.6. The molecule has 0 aromatic heterocycles. The summed E-state index contributed by atoms with van der Waals surface area (Å²) in [5.41, 5.74) is 0.0945. The number of benzene rings is 2. The van der Waals surface area contributed by atoms with Gasteiger partial charge in [0.15, 0.2) is 0 Å². The average molecular weight is 372 g/mol. The highest BCUT2D eigenvalue weighted by molar-refractivity contribution is 6.32. The Labute approximate surface area is 148 Å². The van der Waals surface area contributed by atoms with E-state index < -0.39 is 29.2 Å². The molecule has 0 saturated heterocycles. The van der Waals surface area contributed by atoms with Crippen LogP contribution in [0.3, 0.4) is 0 Å². The van der Waals surface area contributed by atoms with Gasteiger partial charge < -0.3 is 10.4 Å². The van der Waals surface area contributed by atoms with Crippen molar-refractivity contribution in [3.8, 4) is 11.1 Å². The maximum absolute atomic E-state index is 13.5. The van der Waals surface area contributed by atoms with Crippen LogP contribution in [0.4, 0.5) is 13.2 Å². The molecule has 0 spiro atoms. The van der Waals surface area contributed by atoms with Gasteiger partial charge in [-0.05, 0) is 34.9 Å². The van der Waals surface area contributed by atoms with Gasteiger partial charge in [0.25, 0.3) is 0 Å². The number of hydrogen-bond acceptors (Lipinski definition) is 2. The number of aliphatic carboxylic acids is 1. The number of rotatable bonds is 6. The molecule has 2 aromatic rings. The zero-order chi connectivity index (χ0) is 18.6. The second kappa shape index (κ2) is 7.89. The van der Waals surface area contributed by atoms with Crippen LogP contribution in [-0.2, 0) is 23.9 Å². The Kier molecular flexibility index (Phi) is 6.08. The molecule has 7 heteroatoms. The fourth-order valence-corrected chi connectivity index (χ4v) is 3.05. The summed E-state index contributed by atoms with van der Waals surface area (Å²) in [4.78, 5) is 11.2. The van der Waals surface area contributed by atoms with E-state index in [0.29, 0.717) is 23.2 Å². The van der Waals surface area contributed by atoms with Gasteiger partial charge in [-0.2, -0.15) is 13.2 Å². The number of nitrogens with one attached hydrogen (secondary N) is 1. The third-order valence-corrected chi connectivity index (χ3v) is 4.05. The number of carboxylic acid groups (broad SMARTS) is 1. The summed E-state index contributed by atoms with van der Waals surface area (Å²) in [5.74, 6) is -1.34. The summed E-state index contributed by atoms with van der Waals surface area (Å²) < 4.78 is 40.5. The van der Waals surface area contributed by atoms with Gasteiger partial charge in [0.2, 0.25) is 0 Å². The number of alkyl halides is 3. The summed E-state index contributed by atoms with van der Waals surface area (Å²) in [5, 5.41) is 11.6. The lowest BCUT2D eigenvalue weighted by atomic mass is 9.89. The Morgan fingerprint density at radius 1 is 1.20 bits per heavy atom. The van der Waals surface area contributed by atoms with Crippen molar-refractivity contribution in [2.75, 3.05) is 6.54 Å². The molecule has 0 fully saturated rings. The van der Waals surface area contributed by atoms with Crippen LogP contribution in [-0.4, -0.2) is 17.6 Å². The van der Waals surface area contributed by atoms with E-state index in [1.165, 1.54) is 6.07 Å². The highest BCUT2D eigenvalue weighted by Crippen LogP contribution is 2.42. The molecular formula is C18H17ClF3NO2. The average Bonchev–Trinajstić information content (AvgIpc) is 2.52. The van der Waals surface area contributed by atoms with Crippen molar-refractivity contribution in [3.63, 3.8) is 0 Å². The Morgan fingerprint density at radius 3 is 2.36 bits per heavy atom. The summed E-state index contributed by atoms with van der Waals surface area (Å²) in [6.07, 6.45) is -5.49. The smallest absolute Gasteiger partial charge is 0.418 e. The van der Waals surface area contributed by atoms with Crippen molar-refractivity contribution in [3.05, 3.63) is 58.1 Å². The van der Waals surface area contributed by atoms with Gasteiger partial charge >= 0.3 is 12.1 Å². The van der Waals surface area contributed by atoms with Crippen molar-refractivity contribution in [1.29, 1.82) is 0 Å². The van der Waals surface area contributed by atoms with Gasteiger partial charge in [-0.25, -0.2) is 0 Å². The lowest BCUT2D eigenvalue weighted by Crippen LogP contribution is -2.20. The van der Waals surface area contributed by atoms with Crippen LogP contribution in [0, 0.1) is 0 Å². The fraction of sp³-hybridized carbons (Fsp3) is 0.278. The molecule has 0 aliphatic heterocycles. The van der Waals surface area contributed by atoms with Crippen LogP contribution < -0.4 is 5.32 Å². The number of carboxylic acids is 1. The topological polar surface area (TPSA) is 49.3 Å². The summed E-state index contributed by atoms with van der Waals surface area (Å²) in [6.45, 7) is 2.47. The summed E-state index contributed by atoms with van der Waals surface area (Å²) >= 11 is 5.93. The molecular weight excluding hydrogens is 355 g/mol. The van der Waals surface area contributed by atoms with E-state index in [2.05, 4.69) is 5.32 Å². The van der Waals surface area contributed by atoms with Crippen molar-refractivity contribution < 1.29 is 23.1 Å². The minimum Gasteiger partial charge on any atom is -0.481 e. The Hall–Kier alpha value is -2.05. The van der Waals surface area contributed by atoms with Gasteiger partial charge in [0.05, 0.1) is 17.0 Å². The highest BCUT2D eigenvalue weighted by atomic mass is 35.5. The molecule has 0 aliphatic carbocycles. The molecule has 134 valence electrons. The standard InChI is InChI=1S/C18H17ClF3NO2/c1-2-23-10-14-12(11-6-4-3-5-7-11)8-15(19)17(18(20,21)22)13(14)9-16(24)25/h3-8,23H,2,9-10H2,1H3,(H,24,25). The molecule has 25 heavy (non-hydrogen) atoms. The Morgan fingerprint density at radius 2 is 1.84 bits per heavy atom. The lowest BCUT2D eigenvalue weighted by Gasteiger charge is -2.21. The first-order valence-corrected chi connectivity index (χ1v) is 8.02. The quantitative estimate of drug-likeness (QED) is 0.769. The zero-order valence-corrected chi connectivity index (χ0v) is 14.2. The number of halogens is 4. The van der Waals surface area contributed by atoms with Crippen LogP contribution in [0.15, 0.2) is 36.4 Å². The van der Waals surface area contributed by atoms with E-state index in [9.17, 15) is 18.0 Å². The third kappa shape index (κ3) is 4.52. The predicted octanol–water partition coefficient (Wildman–Crippen LogP) is 4.76. The molecule has 0 radical (unpaired) electrons. The predicted molar refractivity (Wildman–Crippen MR) is 90.6 cm³/mol. The van der Waals surface area contributed by atoms with E-state index in [-0.39, 0.29) is 12.1 Å². The third-order valence-electron chi connectivity index (χ3n) is 3.75. The minimum absolute atomic E-state index is 0.115. The van der Waals surface area contributed by atoms with Gasteiger partial charge in [-0.3, -0.25) is 4.79 Å². The maximum Gasteiger partial charge on any atom is 0.418 e. The van der Waals surface area contributed by atoms with E-state index in [1.54, 1.807) is 30.3 Å². The Bertz CT molecular complexity index is 761. The largest absolute Gasteiger partial charge is 0.481 e. The number of hydrogen-bond donors (Lipinski definition) is 2. The molecule has 0 atom stereocenters. The molecule has 0 saturated carbocycles. The van der Waals surface area contributed by atoms with Crippen molar-refractivity contribution in [2.24, 2.45) is 0 Å². The van der Waals surface area contributed by atoms with Crippen LogP contribution in [0.25, 0.3) is 11.1 Å². The Balaban J connectivity index is 2.80. The SMILES string of the molecule is CCNCc1c(-c2ccccc2)cc(Cl)c(C(F)(F)F)c1CC(=O)O. The van der Waals surface area contributed by atoms with Crippen LogP contribution >= 0.6 is 11.6 Å². The van der Waals surface area contributed by atoms with Gasteiger partial charge in [-0.1, -0.05) is 48.9 Å². The molecule has 0 aliphatic rings. The molecule has 0 amide bonds. The first kappa shape index (κ1) is 19.3. The molecule has 2 aromatic carbocycles. The first-order chi connectivity index (χ1) is 11.8. The van der Waals surface area contributed by atoms with Crippen LogP contribution in [0.1, 0.15) is 23.6 Å². The van der Waals surface area contributed by atoms with Crippen molar-refractivity contribution in [2.45, 2.75) is 26.1 Å². The maximum atomic E-state index is 13.5. The van der Waals surface area contributed by atoms with Crippen molar-refractivity contribution in [1.82, 2.24) is 5.32 Å². The van der Waals surface area contributed by atoms with Gasteiger partial charge in [0.1, 0.15) is 0 Å². The van der Waals surface area contributed by atoms with E-state index >= 15 is 0 Å². The molecule has 3 nitrogen and oxygen atoms in total. The van der Waals surface area contributed by atoms with E-state index in [4.69, 9.17) is 16.7 Å². The van der Waals surface area contributed by atoms with Crippen LogP contribution in [0.2, 0.25) is 5.02 Å². The van der Waals surface area contributed by atoms with Crippen molar-refractivity contribution >= 4 is 17.6 Å². The summed E-state index contributed by atoms with van der Waals surface area (Å²) in [7, 11) is 0.